The van der Waals surface area contributed by atoms with Gasteiger partial charge in [0.25, 0.3) is 0 Å². The molecule has 40 heavy (non-hydrogen) atoms. The summed E-state index contributed by atoms with van der Waals surface area (Å²) >= 11 is 0. The van der Waals surface area contributed by atoms with Crippen molar-refractivity contribution in [1.82, 2.24) is 20.9 Å². The number of hydrogen-bond acceptors (Lipinski definition) is 11. The molecule has 0 saturated carbocycles. The van der Waals surface area contributed by atoms with Gasteiger partial charge >= 0.3 is 18.3 Å². The van der Waals surface area contributed by atoms with Gasteiger partial charge in [-0.05, 0) is 65.7 Å². The smallest absolute Gasteiger partial charge is 0.497 e. The second-order valence-corrected chi connectivity index (χ2v) is 11.2. The number of hydrazine groups is 1. The fraction of sp³-hybridized carbons (Fsp3) is 0.556. The Hall–Kier alpha value is -4.00. The van der Waals surface area contributed by atoms with Gasteiger partial charge in [-0.1, -0.05) is 17.3 Å². The molecule has 1 aliphatic rings. The molecule has 0 spiro atoms. The fourth-order valence-electron chi connectivity index (χ4n) is 3.96. The van der Waals surface area contributed by atoms with Gasteiger partial charge in [0.1, 0.15) is 17.0 Å². The summed E-state index contributed by atoms with van der Waals surface area (Å²) in [4.78, 5) is 40.1. The van der Waals surface area contributed by atoms with Gasteiger partial charge in [0, 0.05) is 6.07 Å². The van der Waals surface area contributed by atoms with E-state index < -0.39 is 47.8 Å². The normalized spacial score (nSPS) is 19.1. The Morgan fingerprint density at radius 1 is 1.00 bits per heavy atom. The molecule has 13 nitrogen and oxygen atoms in total. The molecule has 3 atom stereocenters. The van der Waals surface area contributed by atoms with Crippen LogP contribution in [0.1, 0.15) is 52.9 Å². The highest BCUT2D eigenvalue weighted by atomic mass is 16.7. The van der Waals surface area contributed by atoms with Crippen molar-refractivity contribution in [2.24, 2.45) is 0 Å². The number of nitrogens with zero attached hydrogens (tertiary/aromatic N) is 2. The number of rotatable bonds is 8. The molecular weight excluding hydrogens is 524 g/mol. The molecule has 220 valence electrons. The van der Waals surface area contributed by atoms with Gasteiger partial charge in [0.2, 0.25) is 0 Å². The molecule has 2 amide bonds. The Balaban J connectivity index is 1.86. The number of carbonyl (C=O) groups excluding carboxylic acids is 3. The maximum atomic E-state index is 13.3. The van der Waals surface area contributed by atoms with Crippen LogP contribution in [0.4, 0.5) is 14.4 Å². The number of amides is 2. The van der Waals surface area contributed by atoms with Crippen LogP contribution in [0.15, 0.2) is 41.1 Å². The van der Waals surface area contributed by atoms with E-state index in [1.807, 2.05) is 12.1 Å². The largest absolute Gasteiger partial charge is 0.509 e. The van der Waals surface area contributed by atoms with Crippen molar-refractivity contribution in [3.8, 4) is 5.75 Å². The van der Waals surface area contributed by atoms with E-state index in [1.165, 1.54) is 11.1 Å². The lowest BCUT2D eigenvalue weighted by Gasteiger charge is -2.30. The molecule has 0 aliphatic carbocycles. The van der Waals surface area contributed by atoms with E-state index >= 15 is 0 Å². The van der Waals surface area contributed by atoms with Crippen LogP contribution < -0.4 is 15.6 Å². The zero-order valence-electron chi connectivity index (χ0n) is 23.9. The number of likely N-dealkylation sites (tertiary alicyclic amines) is 1. The Labute approximate surface area is 233 Å². The lowest BCUT2D eigenvalue weighted by atomic mass is 10.0. The number of aromatic nitrogens is 1. The predicted molar refractivity (Wildman–Crippen MR) is 141 cm³/mol. The molecule has 0 radical (unpaired) electrons. The first-order chi connectivity index (χ1) is 18.7. The van der Waals surface area contributed by atoms with E-state index in [0.717, 1.165) is 5.56 Å². The van der Waals surface area contributed by atoms with Gasteiger partial charge < -0.3 is 28.2 Å². The van der Waals surface area contributed by atoms with Crippen molar-refractivity contribution < 1.29 is 42.6 Å². The predicted octanol–water partition coefficient (Wildman–Crippen LogP) is 3.96. The highest BCUT2D eigenvalue weighted by Gasteiger charge is 2.50. The van der Waals surface area contributed by atoms with E-state index in [0.29, 0.717) is 11.5 Å². The summed E-state index contributed by atoms with van der Waals surface area (Å²) in [6.07, 6.45) is -2.81. The number of methoxy groups -OCH3 is 1. The van der Waals surface area contributed by atoms with Crippen LogP contribution in [0, 0.1) is 0 Å². The molecule has 3 rings (SSSR count). The van der Waals surface area contributed by atoms with E-state index in [9.17, 15) is 14.4 Å². The highest BCUT2D eigenvalue weighted by Crippen LogP contribution is 2.30. The molecule has 0 unspecified atom stereocenters. The number of carbonyl (C=O) groups is 3. The second-order valence-electron chi connectivity index (χ2n) is 11.2. The summed E-state index contributed by atoms with van der Waals surface area (Å²) in [5.41, 5.74) is 4.32. The molecule has 1 saturated heterocycles. The van der Waals surface area contributed by atoms with Crippen molar-refractivity contribution in [3.63, 3.8) is 0 Å². The Morgan fingerprint density at radius 2 is 1.68 bits per heavy atom. The first kappa shape index (κ1) is 30.5. The maximum Gasteiger partial charge on any atom is 0.509 e. The zero-order valence-corrected chi connectivity index (χ0v) is 23.9. The van der Waals surface area contributed by atoms with Crippen molar-refractivity contribution in [1.29, 1.82) is 0 Å². The standard InChI is InChI=1S/C27H38N4O9/c1-26(2,3)38-24(33)31-16-21(36-25(34)39-27(4,5)6)22(20(31)14-17-8-10-18(35-7)11-9-17)37-23(32)30-28-15-19-12-13-29-40-19/h8-13,20-22,28H,14-16H2,1-7H3,(H,30,32)/t20-,21+,22+/m1/s1. The molecule has 1 aromatic heterocycles. The third kappa shape index (κ3) is 9.33. The molecule has 2 aromatic rings. The van der Waals surface area contributed by atoms with E-state index in [-0.39, 0.29) is 19.5 Å². The Kier molecular flexibility index (Phi) is 9.85. The van der Waals surface area contributed by atoms with Crippen molar-refractivity contribution in [3.05, 3.63) is 47.9 Å². The highest BCUT2D eigenvalue weighted by molar-refractivity contribution is 5.71. The summed E-state index contributed by atoms with van der Waals surface area (Å²) in [5, 5.41) is 3.60. The van der Waals surface area contributed by atoms with Crippen molar-refractivity contribution >= 4 is 18.3 Å². The number of ether oxygens (including phenoxy) is 5. The lowest BCUT2D eigenvalue weighted by Crippen LogP contribution is -2.47. The number of hydrogen-bond donors (Lipinski definition) is 2. The molecule has 2 heterocycles. The van der Waals surface area contributed by atoms with Crippen molar-refractivity contribution in [2.45, 2.75) is 84.0 Å². The minimum Gasteiger partial charge on any atom is -0.497 e. The summed E-state index contributed by atoms with van der Waals surface area (Å²) in [6, 6.07) is 8.13. The summed E-state index contributed by atoms with van der Waals surface area (Å²) in [7, 11) is 1.56. The Morgan fingerprint density at radius 3 is 2.25 bits per heavy atom. The number of benzene rings is 1. The van der Waals surface area contributed by atoms with E-state index in [2.05, 4.69) is 16.0 Å². The van der Waals surface area contributed by atoms with E-state index in [4.69, 9.17) is 28.2 Å². The van der Waals surface area contributed by atoms with Crippen LogP contribution in [-0.4, -0.2) is 71.5 Å². The monoisotopic (exact) mass is 562 g/mol. The molecule has 13 heteroatoms. The van der Waals surface area contributed by atoms with Gasteiger partial charge in [0.15, 0.2) is 18.0 Å². The fourth-order valence-corrected chi connectivity index (χ4v) is 3.96. The lowest BCUT2D eigenvalue weighted by molar-refractivity contribution is -0.0521. The average molecular weight is 563 g/mol. The first-order valence-corrected chi connectivity index (χ1v) is 12.9. The summed E-state index contributed by atoms with van der Waals surface area (Å²) in [6.45, 7) is 10.4. The molecule has 1 aliphatic heterocycles. The molecule has 1 aromatic carbocycles. The Bertz CT molecular complexity index is 1120. The third-order valence-corrected chi connectivity index (χ3v) is 5.58. The SMILES string of the molecule is COc1ccc(C[C@@H]2[C@H](OC(=O)NNCc3ccno3)[C@@H](OC(=O)OC(C)(C)C)CN2C(=O)OC(C)(C)C)cc1. The van der Waals surface area contributed by atoms with Crippen LogP contribution >= 0.6 is 0 Å². The number of nitrogens with one attached hydrogen (secondary N) is 2. The van der Waals surface area contributed by atoms with Gasteiger partial charge in [-0.2, -0.15) is 0 Å². The zero-order chi connectivity index (χ0) is 29.5. The van der Waals surface area contributed by atoms with Crippen molar-refractivity contribution in [2.75, 3.05) is 13.7 Å². The van der Waals surface area contributed by atoms with Gasteiger partial charge in [-0.25, -0.2) is 19.8 Å². The molecule has 2 N–H and O–H groups in total. The average Bonchev–Trinajstić information content (AvgIpc) is 3.46. The van der Waals surface area contributed by atoms with Crippen LogP contribution in [0.3, 0.4) is 0 Å². The van der Waals surface area contributed by atoms with Crippen LogP contribution in [0.5, 0.6) is 5.75 Å². The quantitative estimate of drug-likeness (QED) is 0.273. The van der Waals surface area contributed by atoms with Gasteiger partial charge in [-0.3, -0.25) is 10.3 Å². The minimum atomic E-state index is -1.06. The minimum absolute atomic E-state index is 0.0849. The van der Waals surface area contributed by atoms with Crippen LogP contribution in [0.25, 0.3) is 0 Å². The first-order valence-electron chi connectivity index (χ1n) is 12.9. The van der Waals surface area contributed by atoms with Gasteiger partial charge in [0.05, 0.1) is 32.4 Å². The van der Waals surface area contributed by atoms with E-state index in [1.54, 1.807) is 66.9 Å². The molecule has 1 fully saturated rings. The van der Waals surface area contributed by atoms with Crippen LogP contribution in [0.2, 0.25) is 0 Å². The van der Waals surface area contributed by atoms with Crippen LogP contribution in [-0.2, 0) is 31.9 Å². The van der Waals surface area contributed by atoms with Gasteiger partial charge in [-0.15, -0.1) is 0 Å². The third-order valence-electron chi connectivity index (χ3n) is 5.58. The summed E-state index contributed by atoms with van der Waals surface area (Å²) in [5.74, 6) is 1.15. The molecule has 0 bridgehead atoms. The second kappa shape index (κ2) is 12.9. The molecular formula is C27H38N4O9. The summed E-state index contributed by atoms with van der Waals surface area (Å²) < 4.78 is 32.5. The maximum absolute atomic E-state index is 13.3. The topological polar surface area (TPSA) is 151 Å².